The van der Waals surface area contributed by atoms with Gasteiger partial charge in [0.05, 0.1) is 17.7 Å². The Bertz CT molecular complexity index is 1290. The van der Waals surface area contributed by atoms with Gasteiger partial charge in [-0.1, -0.05) is 30.3 Å². The third-order valence-corrected chi connectivity index (χ3v) is 7.44. The fourth-order valence-electron chi connectivity index (χ4n) is 4.45. The number of carbonyl (C=O) groups is 2. The zero-order valence-corrected chi connectivity index (χ0v) is 22.5. The largest absolute Gasteiger partial charge is 0.507 e. The average molecular weight is 520 g/mol. The minimum atomic E-state index is -0.665. The lowest BCUT2D eigenvalue weighted by Gasteiger charge is -2.25. The highest BCUT2D eigenvalue weighted by Crippen LogP contribution is 2.43. The zero-order chi connectivity index (χ0) is 26.5. The first kappa shape index (κ1) is 26.6. The molecule has 4 rings (SSSR count). The fourth-order valence-corrected chi connectivity index (χ4v) is 5.50. The predicted molar refractivity (Wildman–Crippen MR) is 146 cm³/mol. The van der Waals surface area contributed by atoms with E-state index in [9.17, 15) is 14.7 Å². The fraction of sp³-hybridized carbons (Fsp3) is 0.333. The molecule has 1 aliphatic heterocycles. The number of aryl methyl sites for hydroxylation is 2. The summed E-state index contributed by atoms with van der Waals surface area (Å²) < 4.78 is 11.6. The van der Waals surface area contributed by atoms with Crippen LogP contribution in [0.2, 0.25) is 0 Å². The minimum absolute atomic E-state index is 0.0913. The number of rotatable bonds is 10. The SMILES string of the molecule is Cc1cc(/C(O)=C2/C(=O)C(=O)N(CCCOC(C)C)C2c2sccc2C)ccc1OCc1ccccc1. The molecule has 2 heterocycles. The highest BCUT2D eigenvalue weighted by Gasteiger charge is 2.46. The molecule has 6 nitrogen and oxygen atoms in total. The molecule has 0 saturated carbocycles. The summed E-state index contributed by atoms with van der Waals surface area (Å²) in [5, 5.41) is 13.3. The number of ketones is 1. The third-order valence-electron chi connectivity index (χ3n) is 6.37. The van der Waals surface area contributed by atoms with Crippen molar-refractivity contribution in [2.45, 2.75) is 52.9 Å². The number of benzene rings is 2. The van der Waals surface area contributed by atoms with Crippen LogP contribution in [0.1, 0.15) is 53.4 Å². The standard InChI is InChI=1S/C30H33NO5S/c1-19(2)35-15-8-14-31-26(29-20(3)13-16-37-29)25(28(33)30(31)34)27(32)23-11-12-24(21(4)17-23)36-18-22-9-6-5-7-10-22/h5-7,9-13,16-17,19,26,32H,8,14-15,18H2,1-4H3/b27-25-. The Morgan fingerprint density at radius 3 is 2.46 bits per heavy atom. The first-order valence-corrected chi connectivity index (χ1v) is 13.4. The number of aliphatic hydroxyl groups excluding tert-OH is 1. The molecule has 1 saturated heterocycles. The molecule has 1 unspecified atom stereocenters. The van der Waals surface area contributed by atoms with Crippen LogP contribution in [-0.2, 0) is 20.9 Å². The molecule has 0 spiro atoms. The van der Waals surface area contributed by atoms with Gasteiger partial charge in [-0.3, -0.25) is 9.59 Å². The summed E-state index contributed by atoms with van der Waals surface area (Å²) in [6.07, 6.45) is 0.687. The van der Waals surface area contributed by atoms with E-state index in [1.165, 1.54) is 11.3 Å². The van der Waals surface area contributed by atoms with Crippen LogP contribution < -0.4 is 4.74 Å². The van der Waals surface area contributed by atoms with Crippen molar-refractivity contribution in [3.05, 3.63) is 92.7 Å². The van der Waals surface area contributed by atoms with E-state index in [0.29, 0.717) is 37.5 Å². The van der Waals surface area contributed by atoms with Crippen LogP contribution in [0.4, 0.5) is 0 Å². The zero-order valence-electron chi connectivity index (χ0n) is 21.7. The van der Waals surface area contributed by atoms with Gasteiger partial charge in [-0.25, -0.2) is 0 Å². The number of likely N-dealkylation sites (tertiary alicyclic amines) is 1. The van der Waals surface area contributed by atoms with E-state index in [1.807, 2.05) is 69.5 Å². The van der Waals surface area contributed by atoms with Crippen LogP contribution in [0.15, 0.2) is 65.6 Å². The number of ether oxygens (including phenoxy) is 2. The van der Waals surface area contributed by atoms with Gasteiger partial charge >= 0.3 is 0 Å². The number of thiophene rings is 1. The summed E-state index contributed by atoms with van der Waals surface area (Å²) in [5.74, 6) is -0.739. The van der Waals surface area contributed by atoms with Gasteiger partial charge in [-0.15, -0.1) is 11.3 Å². The number of nitrogens with zero attached hydrogens (tertiary/aromatic N) is 1. The van der Waals surface area contributed by atoms with Crippen molar-refractivity contribution in [1.82, 2.24) is 4.90 Å². The maximum atomic E-state index is 13.2. The lowest BCUT2D eigenvalue weighted by molar-refractivity contribution is -0.140. The second-order valence-corrected chi connectivity index (χ2v) is 10.4. The molecule has 3 aromatic rings. The highest BCUT2D eigenvalue weighted by atomic mass is 32.1. The molecule has 194 valence electrons. The number of aliphatic hydroxyl groups is 1. The molecule has 1 amide bonds. The molecule has 0 bridgehead atoms. The lowest BCUT2D eigenvalue weighted by atomic mass is 9.97. The lowest BCUT2D eigenvalue weighted by Crippen LogP contribution is -2.31. The van der Waals surface area contributed by atoms with Crippen LogP contribution in [0.5, 0.6) is 5.75 Å². The number of hydrogen-bond donors (Lipinski definition) is 1. The van der Waals surface area contributed by atoms with Crippen molar-refractivity contribution in [3.63, 3.8) is 0 Å². The van der Waals surface area contributed by atoms with Gasteiger partial charge < -0.3 is 19.5 Å². The van der Waals surface area contributed by atoms with Crippen LogP contribution >= 0.6 is 11.3 Å². The van der Waals surface area contributed by atoms with Gasteiger partial charge in [0.25, 0.3) is 11.7 Å². The molecule has 2 aromatic carbocycles. The maximum absolute atomic E-state index is 13.2. The number of hydrogen-bond acceptors (Lipinski definition) is 6. The van der Waals surface area contributed by atoms with E-state index >= 15 is 0 Å². The second kappa shape index (κ2) is 11.8. The molecule has 1 aliphatic rings. The molecular weight excluding hydrogens is 486 g/mol. The molecule has 7 heteroatoms. The number of Topliss-reactive ketones (excluding diaryl/α,β-unsaturated/α-hetero) is 1. The summed E-state index contributed by atoms with van der Waals surface area (Å²) in [6.45, 7) is 9.04. The van der Waals surface area contributed by atoms with E-state index in [-0.39, 0.29) is 17.4 Å². The summed E-state index contributed by atoms with van der Waals surface area (Å²) in [5.41, 5.74) is 3.46. The van der Waals surface area contributed by atoms with Crippen molar-refractivity contribution in [1.29, 1.82) is 0 Å². The molecule has 0 aliphatic carbocycles. The molecule has 1 fully saturated rings. The second-order valence-electron chi connectivity index (χ2n) is 9.49. The van der Waals surface area contributed by atoms with E-state index < -0.39 is 17.7 Å². The minimum Gasteiger partial charge on any atom is -0.507 e. The van der Waals surface area contributed by atoms with E-state index in [4.69, 9.17) is 9.47 Å². The van der Waals surface area contributed by atoms with Gasteiger partial charge in [0.15, 0.2) is 0 Å². The summed E-state index contributed by atoms with van der Waals surface area (Å²) in [7, 11) is 0. The monoisotopic (exact) mass is 519 g/mol. The van der Waals surface area contributed by atoms with E-state index in [2.05, 4.69) is 0 Å². The van der Waals surface area contributed by atoms with Crippen molar-refractivity contribution >= 4 is 28.8 Å². The molecule has 37 heavy (non-hydrogen) atoms. The highest BCUT2D eigenvalue weighted by molar-refractivity contribution is 7.10. The average Bonchev–Trinajstić information content (AvgIpc) is 3.41. The normalized spacial score (nSPS) is 17.1. The smallest absolute Gasteiger partial charge is 0.295 e. The summed E-state index contributed by atoms with van der Waals surface area (Å²) >= 11 is 1.48. The van der Waals surface area contributed by atoms with Crippen LogP contribution in [0.3, 0.4) is 0 Å². The Morgan fingerprint density at radius 2 is 1.81 bits per heavy atom. The Labute approximate surface area is 222 Å². The van der Waals surface area contributed by atoms with Gasteiger partial charge in [0.2, 0.25) is 0 Å². The number of amides is 1. The van der Waals surface area contributed by atoms with E-state index in [0.717, 1.165) is 21.6 Å². The van der Waals surface area contributed by atoms with Gasteiger partial charge in [-0.05, 0) is 80.5 Å². The Hall–Kier alpha value is -3.42. The van der Waals surface area contributed by atoms with Crippen molar-refractivity contribution in [2.75, 3.05) is 13.2 Å². The van der Waals surface area contributed by atoms with Crippen LogP contribution in [0.25, 0.3) is 5.76 Å². The van der Waals surface area contributed by atoms with E-state index in [1.54, 1.807) is 23.1 Å². The molecule has 1 atom stereocenters. The topological polar surface area (TPSA) is 76.1 Å². The van der Waals surface area contributed by atoms with Gasteiger partial charge in [0, 0.05) is 23.6 Å². The van der Waals surface area contributed by atoms with Crippen molar-refractivity contribution in [3.8, 4) is 5.75 Å². The first-order valence-electron chi connectivity index (χ1n) is 12.5. The van der Waals surface area contributed by atoms with Crippen LogP contribution in [-0.4, -0.2) is 41.0 Å². The molecule has 0 radical (unpaired) electrons. The summed E-state index contributed by atoms with van der Waals surface area (Å²) in [4.78, 5) is 28.8. The van der Waals surface area contributed by atoms with Gasteiger partial charge in [-0.2, -0.15) is 0 Å². The van der Waals surface area contributed by atoms with Crippen molar-refractivity contribution < 1.29 is 24.2 Å². The summed E-state index contributed by atoms with van der Waals surface area (Å²) in [6, 6.07) is 16.5. The predicted octanol–water partition coefficient (Wildman–Crippen LogP) is 6.18. The molecule has 1 N–H and O–H groups in total. The number of carbonyl (C=O) groups excluding carboxylic acids is 2. The Balaban J connectivity index is 1.64. The first-order chi connectivity index (χ1) is 17.8. The van der Waals surface area contributed by atoms with Crippen LogP contribution in [0, 0.1) is 13.8 Å². The maximum Gasteiger partial charge on any atom is 0.295 e. The quantitative estimate of drug-likeness (QED) is 0.150. The van der Waals surface area contributed by atoms with Gasteiger partial charge in [0.1, 0.15) is 18.1 Å². The molecular formula is C30H33NO5S. The molecule has 1 aromatic heterocycles. The Kier molecular flexibility index (Phi) is 8.46. The Morgan fingerprint density at radius 1 is 1.05 bits per heavy atom. The van der Waals surface area contributed by atoms with Crippen molar-refractivity contribution in [2.24, 2.45) is 0 Å². The third kappa shape index (κ3) is 5.95.